The monoisotopic (exact) mass is 438 g/mol. The van der Waals surface area contributed by atoms with E-state index in [0.717, 1.165) is 23.4 Å². The molecule has 0 aliphatic carbocycles. The quantitative estimate of drug-likeness (QED) is 0.499. The fourth-order valence-corrected chi connectivity index (χ4v) is 5.24. The van der Waals surface area contributed by atoms with Crippen molar-refractivity contribution in [3.8, 4) is 0 Å². The van der Waals surface area contributed by atoms with E-state index in [1.165, 1.54) is 17.4 Å². The van der Waals surface area contributed by atoms with E-state index in [2.05, 4.69) is 34.4 Å². The second-order valence-electron chi connectivity index (χ2n) is 8.36. The predicted octanol–water partition coefficient (Wildman–Crippen LogP) is 4.28. The van der Waals surface area contributed by atoms with Gasteiger partial charge in [-0.3, -0.25) is 4.79 Å². The van der Waals surface area contributed by atoms with Crippen molar-refractivity contribution in [2.75, 3.05) is 5.32 Å². The fourth-order valence-electron chi connectivity index (χ4n) is 4.40. The summed E-state index contributed by atoms with van der Waals surface area (Å²) in [5, 5.41) is 6.59. The number of nitrogens with one attached hydrogen (secondary N) is 2. The normalized spacial score (nSPS) is 21.6. The van der Waals surface area contributed by atoms with Gasteiger partial charge in [0.2, 0.25) is 0 Å². The van der Waals surface area contributed by atoms with Crippen LogP contribution >= 0.6 is 11.3 Å². The minimum atomic E-state index is -0.494. The van der Waals surface area contributed by atoms with Crippen LogP contribution in [0.1, 0.15) is 53.8 Å². The van der Waals surface area contributed by atoms with Crippen LogP contribution in [0, 0.1) is 12.7 Å². The van der Waals surface area contributed by atoms with Gasteiger partial charge in [0.05, 0.1) is 11.4 Å². The molecular weight excluding hydrogens is 415 g/mol. The lowest BCUT2D eigenvalue weighted by Gasteiger charge is -2.32. The van der Waals surface area contributed by atoms with E-state index >= 15 is 0 Å². The molecule has 2 unspecified atom stereocenters. The molecule has 0 radical (unpaired) electrons. The molecule has 0 spiro atoms. The van der Waals surface area contributed by atoms with Crippen LogP contribution in [-0.2, 0) is 0 Å². The Hall–Kier alpha value is -2.91. The molecule has 0 saturated carbocycles. The van der Waals surface area contributed by atoms with Crippen molar-refractivity contribution in [1.29, 1.82) is 0 Å². The zero-order valence-corrected chi connectivity index (χ0v) is 18.3. The van der Waals surface area contributed by atoms with E-state index in [1.807, 2.05) is 12.1 Å². The lowest BCUT2D eigenvalue weighted by atomic mass is 9.86. The van der Waals surface area contributed by atoms with E-state index < -0.39 is 5.82 Å². The SMILES string of the molecule is Cc1cn2cc(NC(=O)c3nc4ccc(C5CC(C)NC(C)C5)nc4s3)cc(F)c2n1. The van der Waals surface area contributed by atoms with Crippen molar-refractivity contribution in [1.82, 2.24) is 24.7 Å². The van der Waals surface area contributed by atoms with Crippen LogP contribution in [0.2, 0.25) is 0 Å². The summed E-state index contributed by atoms with van der Waals surface area (Å²) in [5.74, 6) is -0.487. The first-order chi connectivity index (χ1) is 14.9. The molecule has 2 atom stereocenters. The number of rotatable bonds is 3. The lowest BCUT2D eigenvalue weighted by molar-refractivity contribution is 0.102. The number of amides is 1. The number of aromatic nitrogens is 4. The molecule has 7 nitrogen and oxygen atoms in total. The number of anilines is 1. The molecule has 5 heterocycles. The number of aryl methyl sites for hydroxylation is 1. The van der Waals surface area contributed by atoms with Crippen LogP contribution in [0.5, 0.6) is 0 Å². The number of piperidine rings is 1. The van der Waals surface area contributed by atoms with Crippen LogP contribution in [0.4, 0.5) is 10.1 Å². The molecule has 1 aliphatic heterocycles. The van der Waals surface area contributed by atoms with Gasteiger partial charge in [-0.15, -0.1) is 0 Å². The Morgan fingerprint density at radius 3 is 2.74 bits per heavy atom. The van der Waals surface area contributed by atoms with E-state index in [-0.39, 0.29) is 11.6 Å². The van der Waals surface area contributed by atoms with Gasteiger partial charge in [0, 0.05) is 42.2 Å². The highest BCUT2D eigenvalue weighted by Gasteiger charge is 2.26. The topological polar surface area (TPSA) is 84.2 Å². The van der Waals surface area contributed by atoms with Gasteiger partial charge >= 0.3 is 0 Å². The largest absolute Gasteiger partial charge is 0.318 e. The van der Waals surface area contributed by atoms with E-state index in [1.54, 1.807) is 23.7 Å². The van der Waals surface area contributed by atoms with Crippen LogP contribution in [0.3, 0.4) is 0 Å². The fraction of sp³-hybridized carbons (Fsp3) is 0.364. The summed E-state index contributed by atoms with van der Waals surface area (Å²) in [4.78, 5) is 26.9. The van der Waals surface area contributed by atoms with Gasteiger partial charge < -0.3 is 15.0 Å². The maximum Gasteiger partial charge on any atom is 0.284 e. The molecule has 4 aromatic heterocycles. The van der Waals surface area contributed by atoms with Crippen LogP contribution in [0.25, 0.3) is 16.0 Å². The van der Waals surface area contributed by atoms with E-state index in [4.69, 9.17) is 4.98 Å². The number of hydrogen-bond acceptors (Lipinski definition) is 6. The maximum atomic E-state index is 14.3. The Labute approximate surface area is 182 Å². The Morgan fingerprint density at radius 1 is 1.19 bits per heavy atom. The number of carbonyl (C=O) groups excluding carboxylic acids is 1. The summed E-state index contributed by atoms with van der Waals surface area (Å²) < 4.78 is 15.9. The molecule has 9 heteroatoms. The summed E-state index contributed by atoms with van der Waals surface area (Å²) in [5.41, 5.74) is 3.02. The number of halogens is 1. The predicted molar refractivity (Wildman–Crippen MR) is 119 cm³/mol. The zero-order chi connectivity index (χ0) is 21.7. The number of carbonyl (C=O) groups is 1. The number of nitrogens with zero attached hydrogens (tertiary/aromatic N) is 4. The van der Waals surface area contributed by atoms with Gasteiger partial charge in [-0.05, 0) is 45.7 Å². The number of hydrogen-bond donors (Lipinski definition) is 2. The van der Waals surface area contributed by atoms with Gasteiger partial charge in [-0.1, -0.05) is 11.3 Å². The molecule has 2 N–H and O–H groups in total. The van der Waals surface area contributed by atoms with Crippen molar-refractivity contribution in [2.24, 2.45) is 0 Å². The van der Waals surface area contributed by atoms with E-state index in [9.17, 15) is 9.18 Å². The van der Waals surface area contributed by atoms with Crippen molar-refractivity contribution >= 4 is 38.9 Å². The van der Waals surface area contributed by atoms with Gasteiger partial charge in [0.15, 0.2) is 16.5 Å². The average Bonchev–Trinajstić information content (AvgIpc) is 3.29. The third-order valence-electron chi connectivity index (χ3n) is 5.62. The molecule has 1 aliphatic rings. The first kappa shape index (κ1) is 20.0. The highest BCUT2D eigenvalue weighted by atomic mass is 32.1. The van der Waals surface area contributed by atoms with Crippen molar-refractivity contribution in [2.45, 2.75) is 51.6 Å². The van der Waals surface area contributed by atoms with Crippen LogP contribution in [-0.4, -0.2) is 37.3 Å². The standard InChI is InChI=1S/C22H23FN6OS/c1-11-6-14(7-12(2)24-11)17-4-5-18-21(27-17)31-22(28-18)20(30)26-15-8-16(23)19-25-13(3)9-29(19)10-15/h4-5,8-12,14,24H,6-7H2,1-3H3,(H,26,30). The first-order valence-corrected chi connectivity index (χ1v) is 11.2. The Kier molecular flexibility index (Phi) is 4.94. The first-order valence-electron chi connectivity index (χ1n) is 10.4. The highest BCUT2D eigenvalue weighted by molar-refractivity contribution is 7.20. The maximum absolute atomic E-state index is 14.3. The van der Waals surface area contributed by atoms with Gasteiger partial charge in [0.25, 0.3) is 5.91 Å². The van der Waals surface area contributed by atoms with Crippen LogP contribution in [0.15, 0.2) is 30.6 Å². The van der Waals surface area contributed by atoms with Gasteiger partial charge in [-0.2, -0.15) is 0 Å². The van der Waals surface area contributed by atoms with Gasteiger partial charge in [0.1, 0.15) is 10.3 Å². The van der Waals surface area contributed by atoms with Crippen molar-refractivity contribution in [3.63, 3.8) is 0 Å². The highest BCUT2D eigenvalue weighted by Crippen LogP contribution is 2.31. The number of fused-ring (bicyclic) bond motifs is 2. The average molecular weight is 439 g/mol. The Morgan fingerprint density at radius 2 is 1.97 bits per heavy atom. The molecule has 0 aromatic carbocycles. The summed E-state index contributed by atoms with van der Waals surface area (Å²) in [6.45, 7) is 6.18. The molecule has 1 amide bonds. The van der Waals surface area contributed by atoms with Crippen LogP contribution < -0.4 is 10.6 Å². The Balaban J connectivity index is 1.39. The molecule has 4 aromatic rings. The Bertz CT molecular complexity index is 1290. The molecule has 160 valence electrons. The molecule has 0 bridgehead atoms. The second-order valence-corrected chi connectivity index (χ2v) is 9.34. The number of imidazole rings is 1. The lowest BCUT2D eigenvalue weighted by Crippen LogP contribution is -2.41. The molecule has 1 fully saturated rings. The third kappa shape index (κ3) is 3.90. The zero-order valence-electron chi connectivity index (χ0n) is 17.5. The summed E-state index contributed by atoms with van der Waals surface area (Å²) in [6.07, 6.45) is 5.42. The summed E-state index contributed by atoms with van der Waals surface area (Å²) in [6, 6.07) is 6.12. The summed E-state index contributed by atoms with van der Waals surface area (Å²) in [7, 11) is 0. The summed E-state index contributed by atoms with van der Waals surface area (Å²) >= 11 is 1.25. The second kappa shape index (κ2) is 7.65. The smallest absolute Gasteiger partial charge is 0.284 e. The molecule has 31 heavy (non-hydrogen) atoms. The van der Waals surface area contributed by atoms with E-state index in [0.29, 0.717) is 39.9 Å². The van der Waals surface area contributed by atoms with Gasteiger partial charge in [-0.25, -0.2) is 19.3 Å². The minimum Gasteiger partial charge on any atom is -0.318 e. The van der Waals surface area contributed by atoms with Crippen molar-refractivity contribution < 1.29 is 9.18 Å². The van der Waals surface area contributed by atoms with Crippen molar-refractivity contribution in [3.05, 3.63) is 52.8 Å². The number of thiazole rings is 1. The molecule has 1 saturated heterocycles. The molecule has 5 rings (SSSR count). The minimum absolute atomic E-state index is 0.230. The number of pyridine rings is 2. The third-order valence-corrected chi connectivity index (χ3v) is 6.58. The molecular formula is C22H23FN6OS.